The predicted molar refractivity (Wildman–Crippen MR) is 102 cm³/mol. The van der Waals surface area contributed by atoms with Gasteiger partial charge in [-0.25, -0.2) is 4.98 Å². The number of nitrogens with zero attached hydrogens (tertiary/aromatic N) is 1. The van der Waals surface area contributed by atoms with Crippen LogP contribution in [0.5, 0.6) is 0 Å². The first-order chi connectivity index (χ1) is 10.4. The Morgan fingerprint density at radius 1 is 0.739 bits per heavy atom. The minimum Gasteiger partial charge on any atom is -0.340 e. The van der Waals surface area contributed by atoms with Crippen LogP contribution in [0.1, 0.15) is 27.8 Å². The lowest BCUT2D eigenvalue weighted by atomic mass is 10.0. The highest BCUT2D eigenvalue weighted by Crippen LogP contribution is 2.27. The zero-order chi connectivity index (χ0) is 15.9. The van der Waals surface area contributed by atoms with E-state index in [9.17, 15) is 0 Å². The van der Waals surface area contributed by atoms with Crippen molar-refractivity contribution < 1.29 is 0 Å². The number of hydrogen-bond donors (Lipinski definition) is 1. The fourth-order valence-corrected chi connectivity index (χ4v) is 2.92. The average Bonchev–Trinajstić information content (AvgIpc) is 2.44. The molecule has 0 atom stereocenters. The van der Waals surface area contributed by atoms with Crippen LogP contribution in [-0.4, -0.2) is 4.98 Å². The summed E-state index contributed by atoms with van der Waals surface area (Å²) in [5, 5.41) is 4.72. The van der Waals surface area contributed by atoms with E-state index in [1.54, 1.807) is 0 Å². The van der Waals surface area contributed by atoms with E-state index in [2.05, 4.69) is 76.3 Å². The minimum atomic E-state index is 0. The van der Waals surface area contributed by atoms with Crippen LogP contribution < -0.4 is 5.32 Å². The molecule has 3 heteroatoms. The zero-order valence-electron chi connectivity index (χ0n) is 14.3. The van der Waals surface area contributed by atoms with E-state index in [0.717, 1.165) is 17.0 Å². The molecule has 3 rings (SSSR count). The van der Waals surface area contributed by atoms with E-state index in [1.807, 2.05) is 0 Å². The summed E-state index contributed by atoms with van der Waals surface area (Å²) in [6.07, 6.45) is 0. The first-order valence-corrected chi connectivity index (χ1v) is 7.67. The lowest BCUT2D eigenvalue weighted by Crippen LogP contribution is -1.99. The Balaban J connectivity index is 0.00000192. The van der Waals surface area contributed by atoms with Gasteiger partial charge in [0.15, 0.2) is 0 Å². The fraction of sp³-hybridized carbons (Fsp3) is 0.250. The van der Waals surface area contributed by atoms with E-state index in [-0.39, 0.29) is 12.4 Å². The van der Waals surface area contributed by atoms with Gasteiger partial charge in [-0.3, -0.25) is 0 Å². The Bertz CT molecular complexity index is 869. The molecule has 120 valence electrons. The number of pyridine rings is 1. The van der Waals surface area contributed by atoms with Crippen LogP contribution in [-0.2, 0) is 0 Å². The van der Waals surface area contributed by atoms with Crippen molar-refractivity contribution in [3.05, 3.63) is 64.2 Å². The first kappa shape index (κ1) is 17.3. The van der Waals surface area contributed by atoms with Crippen LogP contribution in [0.15, 0.2) is 36.4 Å². The third-order valence-corrected chi connectivity index (χ3v) is 4.11. The highest BCUT2D eigenvalue weighted by molar-refractivity contribution is 5.87. The molecular weight excluding hydrogens is 304 g/mol. The summed E-state index contributed by atoms with van der Waals surface area (Å²) in [6.45, 7) is 10.6. The Kier molecular flexibility index (Phi) is 4.96. The fourth-order valence-electron chi connectivity index (χ4n) is 2.92. The molecule has 1 heterocycles. The molecule has 0 unspecified atom stereocenters. The van der Waals surface area contributed by atoms with Crippen LogP contribution in [0.25, 0.3) is 10.9 Å². The van der Waals surface area contributed by atoms with Crippen molar-refractivity contribution in [3.63, 3.8) is 0 Å². The number of aryl methyl sites for hydroxylation is 5. The van der Waals surface area contributed by atoms with Crippen LogP contribution in [0, 0.1) is 34.6 Å². The van der Waals surface area contributed by atoms with Crippen molar-refractivity contribution in [3.8, 4) is 0 Å². The zero-order valence-corrected chi connectivity index (χ0v) is 15.1. The Hall–Kier alpha value is -2.06. The standard InChI is InChI=1S/C20H22N2.ClH/c1-12-6-7-14(3)18(10-12)21-19-11-15(4)17-9-13(2)8-16(5)20(17)22-19;/h6-11H,1-5H3,(H,21,22);1H. The van der Waals surface area contributed by atoms with Crippen molar-refractivity contribution in [2.75, 3.05) is 5.32 Å². The smallest absolute Gasteiger partial charge is 0.131 e. The summed E-state index contributed by atoms with van der Waals surface area (Å²) in [7, 11) is 0. The van der Waals surface area contributed by atoms with Gasteiger partial charge in [0.25, 0.3) is 0 Å². The van der Waals surface area contributed by atoms with Gasteiger partial charge in [-0.2, -0.15) is 0 Å². The quantitative estimate of drug-likeness (QED) is 0.630. The molecule has 0 bridgehead atoms. The third-order valence-electron chi connectivity index (χ3n) is 4.11. The topological polar surface area (TPSA) is 24.9 Å². The van der Waals surface area contributed by atoms with Crippen molar-refractivity contribution in [1.29, 1.82) is 0 Å². The number of hydrogen-bond acceptors (Lipinski definition) is 2. The molecule has 23 heavy (non-hydrogen) atoms. The van der Waals surface area contributed by atoms with E-state index in [0.29, 0.717) is 0 Å². The average molecular weight is 327 g/mol. The van der Waals surface area contributed by atoms with Gasteiger partial charge in [0, 0.05) is 11.1 Å². The van der Waals surface area contributed by atoms with E-state index in [1.165, 1.54) is 33.2 Å². The molecule has 3 aromatic rings. The first-order valence-electron chi connectivity index (χ1n) is 7.67. The van der Waals surface area contributed by atoms with Crippen LogP contribution in [0.4, 0.5) is 11.5 Å². The SMILES string of the molecule is Cc1ccc(C)c(Nc2cc(C)c3cc(C)cc(C)c3n2)c1.Cl. The van der Waals surface area contributed by atoms with Gasteiger partial charge >= 0.3 is 0 Å². The summed E-state index contributed by atoms with van der Waals surface area (Å²) >= 11 is 0. The van der Waals surface area contributed by atoms with Gasteiger partial charge < -0.3 is 5.32 Å². The van der Waals surface area contributed by atoms with E-state index < -0.39 is 0 Å². The molecule has 0 amide bonds. The minimum absolute atomic E-state index is 0. The summed E-state index contributed by atoms with van der Waals surface area (Å²) in [6, 6.07) is 13.0. The molecule has 1 N–H and O–H groups in total. The lowest BCUT2D eigenvalue weighted by Gasteiger charge is -2.13. The molecule has 2 aromatic carbocycles. The largest absolute Gasteiger partial charge is 0.340 e. The maximum absolute atomic E-state index is 4.83. The van der Waals surface area contributed by atoms with Crippen molar-refractivity contribution in [1.82, 2.24) is 4.98 Å². The second kappa shape index (κ2) is 6.59. The second-order valence-corrected chi connectivity index (χ2v) is 6.25. The number of anilines is 2. The monoisotopic (exact) mass is 326 g/mol. The highest BCUT2D eigenvalue weighted by Gasteiger charge is 2.07. The second-order valence-electron chi connectivity index (χ2n) is 6.25. The summed E-state index contributed by atoms with van der Waals surface area (Å²) in [4.78, 5) is 4.83. The highest BCUT2D eigenvalue weighted by atomic mass is 35.5. The van der Waals surface area contributed by atoms with Crippen LogP contribution >= 0.6 is 12.4 Å². The Morgan fingerprint density at radius 2 is 1.48 bits per heavy atom. The number of aromatic nitrogens is 1. The number of halogens is 1. The summed E-state index contributed by atoms with van der Waals surface area (Å²) in [5.74, 6) is 0.908. The molecule has 0 aliphatic carbocycles. The molecule has 0 aliphatic rings. The lowest BCUT2D eigenvalue weighted by molar-refractivity contribution is 1.29. The van der Waals surface area contributed by atoms with Crippen molar-refractivity contribution >= 4 is 34.8 Å². The van der Waals surface area contributed by atoms with Gasteiger partial charge in [0.05, 0.1) is 5.52 Å². The Morgan fingerprint density at radius 3 is 2.22 bits per heavy atom. The van der Waals surface area contributed by atoms with Crippen LogP contribution in [0.3, 0.4) is 0 Å². The molecular formula is C20H23ClN2. The molecule has 0 saturated heterocycles. The van der Waals surface area contributed by atoms with Gasteiger partial charge in [-0.1, -0.05) is 23.8 Å². The molecule has 0 aliphatic heterocycles. The Labute approximate surface area is 144 Å². The van der Waals surface area contributed by atoms with Gasteiger partial charge in [-0.05, 0) is 75.1 Å². The molecule has 1 aromatic heterocycles. The van der Waals surface area contributed by atoms with Gasteiger partial charge in [0.1, 0.15) is 5.82 Å². The summed E-state index contributed by atoms with van der Waals surface area (Å²) < 4.78 is 0. The normalized spacial score (nSPS) is 10.5. The van der Waals surface area contributed by atoms with Crippen molar-refractivity contribution in [2.24, 2.45) is 0 Å². The molecule has 2 nitrogen and oxygen atoms in total. The van der Waals surface area contributed by atoms with Gasteiger partial charge in [0.2, 0.25) is 0 Å². The predicted octanol–water partition coefficient (Wildman–Crippen LogP) is 5.94. The van der Waals surface area contributed by atoms with Gasteiger partial charge in [-0.15, -0.1) is 12.4 Å². The number of rotatable bonds is 2. The van der Waals surface area contributed by atoms with Crippen molar-refractivity contribution in [2.45, 2.75) is 34.6 Å². The van der Waals surface area contributed by atoms with E-state index in [4.69, 9.17) is 4.98 Å². The number of nitrogens with one attached hydrogen (secondary N) is 1. The maximum Gasteiger partial charge on any atom is 0.131 e. The molecule has 0 radical (unpaired) electrons. The summed E-state index contributed by atoms with van der Waals surface area (Å²) in [5.41, 5.74) is 8.44. The number of benzene rings is 2. The molecule has 0 fully saturated rings. The maximum atomic E-state index is 4.83. The van der Waals surface area contributed by atoms with E-state index >= 15 is 0 Å². The molecule has 0 spiro atoms. The van der Waals surface area contributed by atoms with Crippen LogP contribution in [0.2, 0.25) is 0 Å². The number of fused-ring (bicyclic) bond motifs is 1. The molecule has 0 saturated carbocycles. The third kappa shape index (κ3) is 3.48.